The number of hydrogen-bond donors (Lipinski definition) is 2. The molecular weight excluding hydrogens is 214 g/mol. The van der Waals surface area contributed by atoms with E-state index in [-0.39, 0.29) is 12.0 Å². The minimum atomic E-state index is -0.739. The zero-order valence-corrected chi connectivity index (χ0v) is 10.2. The number of aliphatic carboxylic acids is 1. The summed E-state index contributed by atoms with van der Waals surface area (Å²) < 4.78 is 0. The monoisotopic (exact) mass is 233 g/mol. The van der Waals surface area contributed by atoms with Crippen molar-refractivity contribution in [1.29, 1.82) is 0 Å². The van der Waals surface area contributed by atoms with E-state index in [0.717, 1.165) is 12.8 Å². The lowest BCUT2D eigenvalue weighted by Crippen LogP contribution is -2.49. The zero-order valence-electron chi connectivity index (χ0n) is 10.2. The number of rotatable bonds is 5. The highest BCUT2D eigenvalue weighted by atomic mass is 16.4. The predicted molar refractivity (Wildman–Crippen MR) is 67.0 cm³/mol. The third kappa shape index (κ3) is 2.50. The Morgan fingerprint density at radius 1 is 1.41 bits per heavy atom. The van der Waals surface area contributed by atoms with Crippen LogP contribution in [0.3, 0.4) is 0 Å². The van der Waals surface area contributed by atoms with Crippen molar-refractivity contribution in [2.24, 2.45) is 0 Å². The van der Waals surface area contributed by atoms with E-state index < -0.39 is 5.97 Å². The van der Waals surface area contributed by atoms with Gasteiger partial charge in [0, 0.05) is 12.1 Å². The fourth-order valence-corrected chi connectivity index (χ4v) is 2.59. The molecule has 0 amide bonds. The van der Waals surface area contributed by atoms with Gasteiger partial charge in [-0.3, -0.25) is 4.79 Å². The van der Waals surface area contributed by atoms with Gasteiger partial charge < -0.3 is 10.4 Å². The summed E-state index contributed by atoms with van der Waals surface area (Å²) >= 11 is 0. The van der Waals surface area contributed by atoms with Crippen molar-refractivity contribution < 1.29 is 9.90 Å². The first-order chi connectivity index (χ1) is 8.14. The number of benzene rings is 1. The van der Waals surface area contributed by atoms with Crippen LogP contribution < -0.4 is 5.32 Å². The van der Waals surface area contributed by atoms with Gasteiger partial charge in [0.2, 0.25) is 0 Å². The summed E-state index contributed by atoms with van der Waals surface area (Å²) in [4.78, 5) is 10.6. The molecule has 1 saturated carbocycles. The molecule has 0 unspecified atom stereocenters. The first kappa shape index (κ1) is 12.1. The smallest absolute Gasteiger partial charge is 0.304 e. The minimum Gasteiger partial charge on any atom is -0.481 e. The molecule has 1 aromatic rings. The lowest BCUT2D eigenvalue weighted by Gasteiger charge is -2.44. The molecule has 1 aromatic carbocycles. The number of aryl methyl sites for hydroxylation is 1. The van der Waals surface area contributed by atoms with Crippen LogP contribution in [0.1, 0.15) is 36.8 Å². The molecule has 0 aliphatic heterocycles. The molecule has 1 aliphatic rings. The molecule has 0 heterocycles. The van der Waals surface area contributed by atoms with Crippen LogP contribution >= 0.6 is 0 Å². The molecule has 0 saturated heterocycles. The molecule has 0 radical (unpaired) electrons. The minimum absolute atomic E-state index is 0.0286. The molecule has 0 spiro atoms. The van der Waals surface area contributed by atoms with Crippen LogP contribution in [0.15, 0.2) is 24.3 Å². The van der Waals surface area contributed by atoms with Crippen LogP contribution in [-0.4, -0.2) is 17.6 Å². The number of hydrogen-bond acceptors (Lipinski definition) is 2. The molecule has 3 nitrogen and oxygen atoms in total. The SMILES string of the molecule is Cc1ccccc1C1(NCCC(=O)O)CCC1. The third-order valence-corrected chi connectivity index (χ3v) is 3.67. The summed E-state index contributed by atoms with van der Waals surface area (Å²) in [7, 11) is 0. The van der Waals surface area contributed by atoms with Crippen LogP contribution in [0.5, 0.6) is 0 Å². The maximum absolute atomic E-state index is 10.6. The third-order valence-electron chi connectivity index (χ3n) is 3.67. The van der Waals surface area contributed by atoms with Gasteiger partial charge in [-0.2, -0.15) is 0 Å². The van der Waals surface area contributed by atoms with Gasteiger partial charge in [-0.25, -0.2) is 0 Å². The Hall–Kier alpha value is -1.35. The maximum Gasteiger partial charge on any atom is 0.304 e. The van der Waals surface area contributed by atoms with Gasteiger partial charge in [0.1, 0.15) is 0 Å². The van der Waals surface area contributed by atoms with Crippen molar-refractivity contribution in [2.75, 3.05) is 6.54 Å². The highest BCUT2D eigenvalue weighted by Gasteiger charge is 2.38. The standard InChI is InChI=1S/C14H19NO2/c1-11-5-2-3-6-12(11)14(8-4-9-14)15-10-7-13(16)17/h2-3,5-6,15H,4,7-10H2,1H3,(H,16,17). The number of carbonyl (C=O) groups is 1. The number of carboxylic acid groups (broad SMARTS) is 1. The van der Waals surface area contributed by atoms with E-state index in [1.54, 1.807) is 0 Å². The van der Waals surface area contributed by atoms with E-state index in [1.807, 2.05) is 6.07 Å². The van der Waals surface area contributed by atoms with Gasteiger partial charge in [0.05, 0.1) is 6.42 Å². The van der Waals surface area contributed by atoms with Gasteiger partial charge in [-0.05, 0) is 37.3 Å². The maximum atomic E-state index is 10.6. The molecule has 2 N–H and O–H groups in total. The van der Waals surface area contributed by atoms with E-state index in [0.29, 0.717) is 6.54 Å². The molecular formula is C14H19NO2. The Morgan fingerprint density at radius 2 is 2.12 bits per heavy atom. The second-order valence-corrected chi connectivity index (χ2v) is 4.82. The molecule has 3 heteroatoms. The quantitative estimate of drug-likeness (QED) is 0.821. The molecule has 0 atom stereocenters. The summed E-state index contributed by atoms with van der Waals surface area (Å²) in [6.45, 7) is 2.66. The van der Waals surface area contributed by atoms with E-state index in [4.69, 9.17) is 5.11 Å². The highest BCUT2D eigenvalue weighted by Crippen LogP contribution is 2.42. The molecule has 92 valence electrons. The Kier molecular flexibility index (Phi) is 3.48. The van der Waals surface area contributed by atoms with Gasteiger partial charge in [0.15, 0.2) is 0 Å². The van der Waals surface area contributed by atoms with E-state index in [1.165, 1.54) is 17.5 Å². The van der Waals surface area contributed by atoms with Crippen molar-refractivity contribution in [3.05, 3.63) is 35.4 Å². The Bertz CT molecular complexity index is 410. The van der Waals surface area contributed by atoms with Gasteiger partial charge >= 0.3 is 5.97 Å². The van der Waals surface area contributed by atoms with Crippen LogP contribution in [0.2, 0.25) is 0 Å². The van der Waals surface area contributed by atoms with Gasteiger partial charge in [-0.1, -0.05) is 24.3 Å². The summed E-state index contributed by atoms with van der Waals surface area (Å²) in [5.41, 5.74) is 2.65. The molecule has 1 fully saturated rings. The number of nitrogens with one attached hydrogen (secondary N) is 1. The van der Waals surface area contributed by atoms with Crippen molar-refractivity contribution in [3.63, 3.8) is 0 Å². The summed E-state index contributed by atoms with van der Waals surface area (Å²) in [6.07, 6.45) is 3.62. The summed E-state index contributed by atoms with van der Waals surface area (Å²) in [5, 5.41) is 12.1. The van der Waals surface area contributed by atoms with Crippen LogP contribution in [0.25, 0.3) is 0 Å². The Balaban J connectivity index is 2.09. The fourth-order valence-electron chi connectivity index (χ4n) is 2.59. The van der Waals surface area contributed by atoms with Crippen molar-refractivity contribution in [1.82, 2.24) is 5.32 Å². The second kappa shape index (κ2) is 4.88. The summed E-state index contributed by atoms with van der Waals surface area (Å²) in [6, 6.07) is 8.38. The highest BCUT2D eigenvalue weighted by molar-refractivity contribution is 5.66. The fraction of sp³-hybridized carbons (Fsp3) is 0.500. The lowest BCUT2D eigenvalue weighted by atomic mass is 9.70. The first-order valence-corrected chi connectivity index (χ1v) is 6.17. The van der Waals surface area contributed by atoms with E-state index in [9.17, 15) is 4.79 Å². The van der Waals surface area contributed by atoms with Gasteiger partial charge in [-0.15, -0.1) is 0 Å². The average molecular weight is 233 g/mol. The normalized spacial score (nSPS) is 17.5. The van der Waals surface area contributed by atoms with Crippen LogP contribution in [0, 0.1) is 6.92 Å². The topological polar surface area (TPSA) is 49.3 Å². The molecule has 1 aliphatic carbocycles. The van der Waals surface area contributed by atoms with E-state index in [2.05, 4.69) is 30.4 Å². The molecule has 2 rings (SSSR count). The zero-order chi connectivity index (χ0) is 12.3. The molecule has 17 heavy (non-hydrogen) atoms. The van der Waals surface area contributed by atoms with E-state index >= 15 is 0 Å². The molecule has 0 aromatic heterocycles. The second-order valence-electron chi connectivity index (χ2n) is 4.82. The number of carboxylic acids is 1. The Labute approximate surface area is 102 Å². The Morgan fingerprint density at radius 3 is 2.65 bits per heavy atom. The van der Waals surface area contributed by atoms with Crippen molar-refractivity contribution in [3.8, 4) is 0 Å². The van der Waals surface area contributed by atoms with Crippen molar-refractivity contribution in [2.45, 2.75) is 38.1 Å². The van der Waals surface area contributed by atoms with Crippen molar-refractivity contribution >= 4 is 5.97 Å². The van der Waals surface area contributed by atoms with Crippen LogP contribution in [0.4, 0.5) is 0 Å². The largest absolute Gasteiger partial charge is 0.481 e. The van der Waals surface area contributed by atoms with Gasteiger partial charge in [0.25, 0.3) is 0 Å². The van der Waals surface area contributed by atoms with Crippen LogP contribution in [-0.2, 0) is 10.3 Å². The lowest BCUT2D eigenvalue weighted by molar-refractivity contribution is -0.137. The summed E-state index contributed by atoms with van der Waals surface area (Å²) in [5.74, 6) is -0.739. The first-order valence-electron chi connectivity index (χ1n) is 6.17. The molecule has 0 bridgehead atoms. The average Bonchev–Trinajstić information content (AvgIpc) is 2.23. The predicted octanol–water partition coefficient (Wildman–Crippen LogP) is 2.44.